The number of hydrogen-bond acceptors (Lipinski definition) is 3. The Morgan fingerprint density at radius 3 is 1.71 bits per heavy atom. The largest absolute Gasteiger partial charge is 0.327 e. The van der Waals surface area contributed by atoms with Crippen LogP contribution in [-0.4, -0.2) is 31.2 Å². The normalized spacial score (nSPS) is 21.0. The predicted molar refractivity (Wildman–Crippen MR) is 80.0 cm³/mol. The maximum Gasteiger partial charge on any atom is 0.278 e. The van der Waals surface area contributed by atoms with Gasteiger partial charge in [0.05, 0.1) is 0 Å². The smallest absolute Gasteiger partial charge is 0.278 e. The zero-order chi connectivity index (χ0) is 13.6. The fourth-order valence-corrected chi connectivity index (χ4v) is 5.97. The van der Waals surface area contributed by atoms with Crippen LogP contribution in [0.3, 0.4) is 0 Å². The number of nitrogens with zero attached hydrogens (tertiary/aromatic N) is 1. The zero-order valence-electron chi connectivity index (χ0n) is 12.9. The van der Waals surface area contributed by atoms with Crippen molar-refractivity contribution in [3.63, 3.8) is 0 Å². The molecule has 0 saturated heterocycles. The van der Waals surface area contributed by atoms with E-state index in [0.717, 1.165) is 19.3 Å². The predicted octanol–water partition coefficient (Wildman–Crippen LogP) is 2.80. The van der Waals surface area contributed by atoms with Gasteiger partial charge in [0.1, 0.15) is 0 Å². The molecule has 0 rings (SSSR count). The molecule has 0 aliphatic heterocycles. The molecule has 0 bridgehead atoms. The first-order chi connectivity index (χ1) is 7.80. The first-order valence-electron chi connectivity index (χ1n) is 7.15. The van der Waals surface area contributed by atoms with Crippen molar-refractivity contribution < 1.29 is 0 Å². The van der Waals surface area contributed by atoms with Crippen molar-refractivity contribution in [1.82, 2.24) is 9.55 Å². The van der Waals surface area contributed by atoms with Crippen molar-refractivity contribution in [3.05, 3.63) is 0 Å². The van der Waals surface area contributed by atoms with Crippen LogP contribution in [0.25, 0.3) is 0 Å². The highest BCUT2D eigenvalue weighted by atomic mass is 28.4. The maximum atomic E-state index is 6.64. The molecule has 3 N–H and O–H groups in total. The standard InChI is InChI=1S/C13H33N3Si/c1-8-11(4)15-17(7,14)16(12(5)9-2)13(6)10-3/h11-13,15H,8-10,14H2,1-7H3. The van der Waals surface area contributed by atoms with E-state index in [0.29, 0.717) is 18.1 Å². The third-order valence-corrected chi connectivity index (χ3v) is 6.85. The molecule has 104 valence electrons. The van der Waals surface area contributed by atoms with Crippen LogP contribution in [-0.2, 0) is 0 Å². The lowest BCUT2D eigenvalue weighted by molar-refractivity contribution is 0.243. The van der Waals surface area contributed by atoms with Crippen LogP contribution in [0.5, 0.6) is 0 Å². The van der Waals surface area contributed by atoms with Crippen LogP contribution in [0, 0.1) is 0 Å². The van der Waals surface area contributed by atoms with Crippen LogP contribution < -0.4 is 10.4 Å². The molecule has 4 atom stereocenters. The minimum Gasteiger partial charge on any atom is -0.327 e. The molecular weight excluding hydrogens is 226 g/mol. The maximum absolute atomic E-state index is 6.64. The van der Waals surface area contributed by atoms with Gasteiger partial charge in [-0.3, -0.25) is 4.57 Å². The lowest BCUT2D eigenvalue weighted by Crippen LogP contribution is -2.74. The Labute approximate surface area is 109 Å². The number of nitrogens with one attached hydrogen (secondary N) is 1. The van der Waals surface area contributed by atoms with Crippen molar-refractivity contribution >= 4 is 8.56 Å². The molecule has 4 heteroatoms. The highest BCUT2D eigenvalue weighted by molar-refractivity contribution is 6.70. The zero-order valence-corrected chi connectivity index (χ0v) is 13.9. The Balaban J connectivity index is 4.87. The third kappa shape index (κ3) is 5.08. The SMILES string of the molecule is CCC(C)N[Si](C)(N)N(C(C)CC)C(C)CC. The van der Waals surface area contributed by atoms with Gasteiger partial charge >= 0.3 is 0 Å². The van der Waals surface area contributed by atoms with Crippen molar-refractivity contribution in [2.75, 3.05) is 0 Å². The molecule has 0 saturated carbocycles. The summed E-state index contributed by atoms with van der Waals surface area (Å²) in [6.07, 6.45) is 3.45. The highest BCUT2D eigenvalue weighted by Gasteiger charge is 2.37. The average Bonchev–Trinajstić information content (AvgIpc) is 2.27. The van der Waals surface area contributed by atoms with E-state index in [2.05, 4.69) is 57.6 Å². The van der Waals surface area contributed by atoms with Gasteiger partial charge in [-0.15, -0.1) is 0 Å². The van der Waals surface area contributed by atoms with Gasteiger partial charge in [-0.05, 0) is 31.9 Å². The van der Waals surface area contributed by atoms with Gasteiger partial charge in [0.15, 0.2) is 0 Å². The summed E-state index contributed by atoms with van der Waals surface area (Å²) < 4.78 is 2.55. The van der Waals surface area contributed by atoms with Crippen molar-refractivity contribution in [2.24, 2.45) is 5.40 Å². The molecule has 0 spiro atoms. The second-order valence-electron chi connectivity index (χ2n) is 5.52. The van der Waals surface area contributed by atoms with E-state index in [-0.39, 0.29) is 0 Å². The van der Waals surface area contributed by atoms with E-state index in [4.69, 9.17) is 5.40 Å². The number of rotatable bonds is 8. The second kappa shape index (κ2) is 7.51. The Kier molecular flexibility index (Phi) is 7.56. The molecular formula is C13H33N3Si. The van der Waals surface area contributed by atoms with Crippen LogP contribution in [0.1, 0.15) is 60.8 Å². The third-order valence-electron chi connectivity index (χ3n) is 3.82. The molecule has 3 nitrogen and oxygen atoms in total. The summed E-state index contributed by atoms with van der Waals surface area (Å²) in [6, 6.07) is 1.62. The summed E-state index contributed by atoms with van der Waals surface area (Å²) in [7, 11) is -2.00. The fourth-order valence-electron chi connectivity index (χ4n) is 2.42. The van der Waals surface area contributed by atoms with E-state index < -0.39 is 8.56 Å². The summed E-state index contributed by atoms with van der Waals surface area (Å²) in [6.45, 7) is 15.7. The van der Waals surface area contributed by atoms with E-state index in [1.54, 1.807) is 0 Å². The highest BCUT2D eigenvalue weighted by Crippen LogP contribution is 2.17. The van der Waals surface area contributed by atoms with E-state index in [9.17, 15) is 0 Å². The lowest BCUT2D eigenvalue weighted by atomic mass is 10.2. The van der Waals surface area contributed by atoms with Crippen LogP contribution >= 0.6 is 0 Å². The second-order valence-corrected chi connectivity index (χ2v) is 8.62. The molecule has 0 aromatic heterocycles. The van der Waals surface area contributed by atoms with E-state index in [1.165, 1.54) is 0 Å². The first kappa shape index (κ1) is 17.1. The molecule has 0 aromatic carbocycles. The van der Waals surface area contributed by atoms with E-state index in [1.807, 2.05) is 0 Å². The summed E-state index contributed by atoms with van der Waals surface area (Å²) in [5.74, 6) is 0. The molecule has 17 heavy (non-hydrogen) atoms. The summed E-state index contributed by atoms with van der Waals surface area (Å²) >= 11 is 0. The minimum absolute atomic E-state index is 0.507. The molecule has 4 unspecified atom stereocenters. The molecule has 0 aliphatic rings. The Morgan fingerprint density at radius 2 is 1.41 bits per heavy atom. The van der Waals surface area contributed by atoms with Gasteiger partial charge < -0.3 is 10.4 Å². The van der Waals surface area contributed by atoms with Gasteiger partial charge in [0, 0.05) is 12.1 Å². The van der Waals surface area contributed by atoms with Crippen LogP contribution in [0.4, 0.5) is 0 Å². The number of hydrogen-bond donors (Lipinski definition) is 2. The van der Waals surface area contributed by atoms with Gasteiger partial charge in [0.2, 0.25) is 0 Å². The van der Waals surface area contributed by atoms with Crippen LogP contribution in [0.2, 0.25) is 6.55 Å². The molecule has 0 heterocycles. The van der Waals surface area contributed by atoms with Gasteiger partial charge in [0.25, 0.3) is 8.56 Å². The Morgan fingerprint density at radius 1 is 1.00 bits per heavy atom. The average molecular weight is 260 g/mol. The molecule has 0 radical (unpaired) electrons. The Bertz CT molecular complexity index is 199. The summed E-state index contributed by atoms with van der Waals surface area (Å²) in [5, 5.41) is 6.64. The van der Waals surface area contributed by atoms with Gasteiger partial charge in [-0.1, -0.05) is 41.5 Å². The monoisotopic (exact) mass is 259 g/mol. The lowest BCUT2D eigenvalue weighted by Gasteiger charge is -2.45. The van der Waals surface area contributed by atoms with Crippen LogP contribution in [0.15, 0.2) is 0 Å². The first-order valence-corrected chi connectivity index (χ1v) is 9.67. The Hall–Kier alpha value is 0.0969. The number of nitrogens with two attached hydrogens (primary N) is 1. The molecule has 0 fully saturated rings. The van der Waals surface area contributed by atoms with Gasteiger partial charge in [-0.25, -0.2) is 0 Å². The molecule has 0 aliphatic carbocycles. The minimum atomic E-state index is -2.00. The fraction of sp³-hybridized carbons (Fsp3) is 1.00. The van der Waals surface area contributed by atoms with Crippen molar-refractivity contribution in [2.45, 2.75) is 85.5 Å². The molecule has 0 amide bonds. The quantitative estimate of drug-likeness (QED) is 0.659. The molecule has 0 aromatic rings. The summed E-state index contributed by atoms with van der Waals surface area (Å²) in [5.41, 5.74) is 0. The van der Waals surface area contributed by atoms with Crippen molar-refractivity contribution in [1.29, 1.82) is 0 Å². The topological polar surface area (TPSA) is 41.3 Å². The van der Waals surface area contributed by atoms with Crippen molar-refractivity contribution in [3.8, 4) is 0 Å². The van der Waals surface area contributed by atoms with Gasteiger partial charge in [-0.2, -0.15) is 0 Å². The summed E-state index contributed by atoms with van der Waals surface area (Å²) in [4.78, 5) is 3.68. The van der Waals surface area contributed by atoms with E-state index >= 15 is 0 Å².